The van der Waals surface area contributed by atoms with E-state index >= 15 is 0 Å². The van der Waals surface area contributed by atoms with Crippen LogP contribution in [0.15, 0.2) is 48.5 Å². The van der Waals surface area contributed by atoms with E-state index in [1.165, 1.54) is 64.2 Å². The number of phenols is 2. The van der Waals surface area contributed by atoms with E-state index in [0.29, 0.717) is 5.75 Å². The first kappa shape index (κ1) is 22.3. The van der Waals surface area contributed by atoms with Crippen LogP contribution < -0.4 is 0 Å². The second-order valence-electron chi connectivity index (χ2n) is 8.03. The molecular formula is C26H38O2. The van der Waals surface area contributed by atoms with Crippen molar-refractivity contribution >= 4 is 0 Å². The number of aromatic hydroxyl groups is 2. The number of hydrogen-bond donors (Lipinski definition) is 2. The van der Waals surface area contributed by atoms with Crippen LogP contribution in [0.4, 0.5) is 0 Å². The van der Waals surface area contributed by atoms with Crippen LogP contribution in [0.2, 0.25) is 0 Å². The van der Waals surface area contributed by atoms with E-state index < -0.39 is 0 Å². The molecule has 0 fully saturated rings. The summed E-state index contributed by atoms with van der Waals surface area (Å²) >= 11 is 0. The van der Waals surface area contributed by atoms with Crippen molar-refractivity contribution in [1.82, 2.24) is 0 Å². The van der Waals surface area contributed by atoms with Crippen LogP contribution in [0.1, 0.15) is 101 Å². The molecule has 0 aliphatic rings. The minimum atomic E-state index is 0.181. The number of rotatable bonds is 14. The van der Waals surface area contributed by atoms with E-state index in [4.69, 9.17) is 0 Å². The highest BCUT2D eigenvalue weighted by molar-refractivity contribution is 5.42. The van der Waals surface area contributed by atoms with Gasteiger partial charge < -0.3 is 10.2 Å². The Bertz CT molecular complexity index is 648. The molecule has 0 saturated carbocycles. The maximum Gasteiger partial charge on any atom is 0.119 e. The predicted octanol–water partition coefficient (Wildman–Crippen LogP) is 7.93. The van der Waals surface area contributed by atoms with Gasteiger partial charge in [0.25, 0.3) is 0 Å². The van der Waals surface area contributed by atoms with Gasteiger partial charge in [-0.2, -0.15) is 0 Å². The quantitative estimate of drug-likeness (QED) is 0.326. The zero-order valence-corrected chi connectivity index (χ0v) is 17.6. The van der Waals surface area contributed by atoms with Gasteiger partial charge in [-0.1, -0.05) is 108 Å². The van der Waals surface area contributed by atoms with Gasteiger partial charge in [0.05, 0.1) is 0 Å². The van der Waals surface area contributed by atoms with Crippen molar-refractivity contribution < 1.29 is 10.2 Å². The van der Waals surface area contributed by atoms with Crippen LogP contribution in [0.5, 0.6) is 11.5 Å². The van der Waals surface area contributed by atoms with Crippen LogP contribution in [-0.2, 0) is 0 Å². The zero-order valence-electron chi connectivity index (χ0n) is 17.6. The lowest BCUT2D eigenvalue weighted by atomic mass is 9.86. The Morgan fingerprint density at radius 3 is 1.75 bits per heavy atom. The molecule has 0 amide bonds. The molecular weight excluding hydrogens is 344 g/mol. The van der Waals surface area contributed by atoms with Crippen LogP contribution in [-0.4, -0.2) is 10.2 Å². The summed E-state index contributed by atoms with van der Waals surface area (Å²) in [5.74, 6) is 0.832. The first-order valence-corrected chi connectivity index (χ1v) is 11.3. The fraction of sp³-hybridized carbons (Fsp3) is 0.538. The minimum absolute atomic E-state index is 0.181. The first-order valence-electron chi connectivity index (χ1n) is 11.3. The molecule has 2 N–H and O–H groups in total. The molecule has 1 atom stereocenters. The van der Waals surface area contributed by atoms with Gasteiger partial charge in [-0.05, 0) is 30.2 Å². The lowest BCUT2D eigenvalue weighted by Gasteiger charge is -2.19. The van der Waals surface area contributed by atoms with Gasteiger partial charge in [-0.15, -0.1) is 0 Å². The molecule has 2 aromatic rings. The standard InChI is InChI=1S/C26H38O2/c1-2-3-4-5-6-7-8-9-10-11-12-15-24(22-18-20-23(27)21-19-22)25-16-13-14-17-26(25)28/h13-14,16-21,24,27-28H,2-12,15H2,1H3. The summed E-state index contributed by atoms with van der Waals surface area (Å²) in [6.07, 6.45) is 15.8. The van der Waals surface area contributed by atoms with Crippen LogP contribution in [0.25, 0.3) is 0 Å². The van der Waals surface area contributed by atoms with Crippen LogP contribution in [0, 0.1) is 0 Å². The molecule has 0 aromatic heterocycles. The minimum Gasteiger partial charge on any atom is -0.508 e. The van der Waals surface area contributed by atoms with Gasteiger partial charge in [-0.3, -0.25) is 0 Å². The predicted molar refractivity (Wildman–Crippen MR) is 119 cm³/mol. The second kappa shape index (κ2) is 13.3. The summed E-state index contributed by atoms with van der Waals surface area (Å²) in [5.41, 5.74) is 2.15. The van der Waals surface area contributed by atoms with Gasteiger partial charge in [0, 0.05) is 11.5 Å². The van der Waals surface area contributed by atoms with Gasteiger partial charge >= 0.3 is 0 Å². The number of phenolic OH excluding ortho intramolecular Hbond substituents is 2. The molecule has 0 bridgehead atoms. The average Bonchev–Trinajstić information content (AvgIpc) is 2.71. The molecule has 0 aliphatic carbocycles. The number of benzene rings is 2. The molecule has 0 heterocycles. The highest BCUT2D eigenvalue weighted by Gasteiger charge is 2.17. The van der Waals surface area contributed by atoms with Crippen molar-refractivity contribution in [2.24, 2.45) is 0 Å². The monoisotopic (exact) mass is 382 g/mol. The molecule has 0 aliphatic heterocycles. The van der Waals surface area contributed by atoms with Crippen molar-refractivity contribution in [2.75, 3.05) is 0 Å². The largest absolute Gasteiger partial charge is 0.508 e. The van der Waals surface area contributed by atoms with E-state index in [1.807, 2.05) is 30.3 Å². The summed E-state index contributed by atoms with van der Waals surface area (Å²) in [7, 11) is 0. The molecule has 2 aromatic carbocycles. The molecule has 0 spiro atoms. The van der Waals surface area contributed by atoms with Gasteiger partial charge in [0.1, 0.15) is 11.5 Å². The van der Waals surface area contributed by atoms with Crippen molar-refractivity contribution in [3.05, 3.63) is 59.7 Å². The fourth-order valence-corrected chi connectivity index (χ4v) is 4.00. The van der Waals surface area contributed by atoms with Gasteiger partial charge in [0.2, 0.25) is 0 Å². The molecule has 1 unspecified atom stereocenters. The summed E-state index contributed by atoms with van der Waals surface area (Å²) in [6, 6.07) is 15.1. The second-order valence-corrected chi connectivity index (χ2v) is 8.03. The number of unbranched alkanes of at least 4 members (excludes halogenated alkanes) is 10. The SMILES string of the molecule is CCCCCCCCCCCCCC(c1ccc(O)cc1)c1ccccc1O. The summed E-state index contributed by atoms with van der Waals surface area (Å²) in [6.45, 7) is 2.27. The Kier molecular flexibility index (Phi) is 10.6. The Labute approximate surface area is 171 Å². The summed E-state index contributed by atoms with van der Waals surface area (Å²) in [4.78, 5) is 0. The average molecular weight is 383 g/mol. The highest BCUT2D eigenvalue weighted by atomic mass is 16.3. The first-order chi connectivity index (χ1) is 13.7. The zero-order chi connectivity index (χ0) is 20.0. The van der Waals surface area contributed by atoms with E-state index in [2.05, 4.69) is 6.92 Å². The lowest BCUT2D eigenvalue weighted by Crippen LogP contribution is -2.02. The summed E-state index contributed by atoms with van der Waals surface area (Å²) in [5, 5.41) is 19.9. The fourth-order valence-electron chi connectivity index (χ4n) is 4.00. The molecule has 0 radical (unpaired) electrons. The Hall–Kier alpha value is -1.96. The highest BCUT2D eigenvalue weighted by Crippen LogP contribution is 2.35. The molecule has 2 rings (SSSR count). The number of hydrogen-bond acceptors (Lipinski definition) is 2. The topological polar surface area (TPSA) is 40.5 Å². The van der Waals surface area contributed by atoms with E-state index in [-0.39, 0.29) is 11.7 Å². The normalized spacial score (nSPS) is 12.2. The smallest absolute Gasteiger partial charge is 0.119 e. The Morgan fingerprint density at radius 2 is 1.18 bits per heavy atom. The third-order valence-corrected chi connectivity index (χ3v) is 5.70. The molecule has 154 valence electrons. The number of para-hydroxylation sites is 1. The lowest BCUT2D eigenvalue weighted by molar-refractivity contribution is 0.459. The molecule has 2 heteroatoms. The van der Waals surface area contributed by atoms with Gasteiger partial charge in [0.15, 0.2) is 0 Å². The van der Waals surface area contributed by atoms with E-state index in [1.54, 1.807) is 18.2 Å². The van der Waals surface area contributed by atoms with Crippen molar-refractivity contribution in [3.8, 4) is 11.5 Å². The van der Waals surface area contributed by atoms with Gasteiger partial charge in [-0.25, -0.2) is 0 Å². The van der Waals surface area contributed by atoms with Crippen molar-refractivity contribution in [1.29, 1.82) is 0 Å². The van der Waals surface area contributed by atoms with E-state index in [9.17, 15) is 10.2 Å². The maximum absolute atomic E-state index is 10.3. The van der Waals surface area contributed by atoms with Crippen molar-refractivity contribution in [2.45, 2.75) is 89.9 Å². The van der Waals surface area contributed by atoms with Crippen LogP contribution in [0.3, 0.4) is 0 Å². The molecule has 28 heavy (non-hydrogen) atoms. The van der Waals surface area contributed by atoms with E-state index in [0.717, 1.165) is 24.0 Å². The summed E-state index contributed by atoms with van der Waals surface area (Å²) < 4.78 is 0. The Balaban J connectivity index is 1.75. The Morgan fingerprint density at radius 1 is 0.643 bits per heavy atom. The third-order valence-electron chi connectivity index (χ3n) is 5.70. The third kappa shape index (κ3) is 7.96. The molecule has 2 nitrogen and oxygen atoms in total. The molecule has 0 saturated heterocycles. The van der Waals surface area contributed by atoms with Crippen molar-refractivity contribution in [3.63, 3.8) is 0 Å². The van der Waals surface area contributed by atoms with Crippen LogP contribution >= 0.6 is 0 Å². The maximum atomic E-state index is 10.3.